The van der Waals surface area contributed by atoms with Crippen LogP contribution in [0.3, 0.4) is 0 Å². The van der Waals surface area contributed by atoms with Gasteiger partial charge in [-0.1, -0.05) is 172 Å². The normalized spacial score (nSPS) is 12.8. The Morgan fingerprint density at radius 3 is 1.46 bits per heavy atom. The predicted molar refractivity (Wildman–Crippen MR) is 230 cm³/mol. The first-order valence-electron chi connectivity index (χ1n) is 18.8. The maximum Gasteiger partial charge on any atom is 0.0465 e. The number of anilines is 3. The molecule has 0 heterocycles. The van der Waals surface area contributed by atoms with Crippen LogP contribution < -0.4 is 4.90 Å². The van der Waals surface area contributed by atoms with Gasteiger partial charge in [0, 0.05) is 22.5 Å². The third kappa shape index (κ3) is 5.32. The van der Waals surface area contributed by atoms with Gasteiger partial charge >= 0.3 is 0 Å². The molecule has 0 N–H and O–H groups in total. The highest BCUT2D eigenvalue weighted by molar-refractivity contribution is 6.14. The predicted octanol–water partition coefficient (Wildman–Crippen LogP) is 14.8. The second-order valence-electron chi connectivity index (χ2n) is 15.0. The second kappa shape index (κ2) is 12.8. The summed E-state index contributed by atoms with van der Waals surface area (Å²) in [6, 6.07) is 73.3. The fraction of sp³-hybridized carbons (Fsp3) is 0.0566. The van der Waals surface area contributed by atoms with Crippen LogP contribution in [0.15, 0.2) is 200 Å². The van der Waals surface area contributed by atoms with E-state index in [1.165, 1.54) is 77.2 Å². The molecule has 0 amide bonds. The Labute approximate surface area is 317 Å². The average Bonchev–Trinajstić information content (AvgIpc) is 3.46. The van der Waals surface area contributed by atoms with Gasteiger partial charge in [0.2, 0.25) is 0 Å². The van der Waals surface area contributed by atoms with Gasteiger partial charge < -0.3 is 4.90 Å². The number of hydrogen-bond donors (Lipinski definition) is 0. The molecule has 0 fully saturated rings. The van der Waals surface area contributed by atoms with Crippen LogP contribution in [-0.4, -0.2) is 0 Å². The zero-order valence-electron chi connectivity index (χ0n) is 30.5. The summed E-state index contributed by atoms with van der Waals surface area (Å²) in [6.45, 7) is 4.77. The SMILES string of the molecule is CC1(C)c2cc(-c3cccc4ccc5ccccc5c34)ccc2-c2ccc(N(c3ccc(-c4ccccc4)cc3)c3ccc(-c4ccccc4)cc3)cc21. The Morgan fingerprint density at radius 2 is 0.815 bits per heavy atom. The summed E-state index contributed by atoms with van der Waals surface area (Å²) in [5, 5.41) is 5.16. The van der Waals surface area contributed by atoms with Crippen LogP contribution in [0, 0.1) is 0 Å². The van der Waals surface area contributed by atoms with Crippen molar-refractivity contribution in [3.8, 4) is 44.5 Å². The Balaban J connectivity index is 1.07. The number of rotatable bonds is 6. The molecule has 0 bridgehead atoms. The summed E-state index contributed by atoms with van der Waals surface area (Å²) in [5.41, 5.74) is 16.0. The number of fused-ring (bicyclic) bond motifs is 6. The van der Waals surface area contributed by atoms with Crippen molar-refractivity contribution in [1.82, 2.24) is 0 Å². The van der Waals surface area contributed by atoms with Crippen molar-refractivity contribution in [3.63, 3.8) is 0 Å². The van der Waals surface area contributed by atoms with E-state index in [0.717, 1.165) is 17.1 Å². The van der Waals surface area contributed by atoms with Gasteiger partial charge in [-0.05, 0) is 120 Å². The van der Waals surface area contributed by atoms with E-state index in [2.05, 4.69) is 219 Å². The third-order valence-electron chi connectivity index (χ3n) is 11.5. The van der Waals surface area contributed by atoms with E-state index in [4.69, 9.17) is 0 Å². The minimum atomic E-state index is -0.191. The molecular weight excluding hydrogens is 651 g/mol. The van der Waals surface area contributed by atoms with Gasteiger partial charge in [0.05, 0.1) is 0 Å². The molecule has 256 valence electrons. The summed E-state index contributed by atoms with van der Waals surface area (Å²) in [6.07, 6.45) is 0. The molecule has 0 spiro atoms. The van der Waals surface area contributed by atoms with E-state index in [-0.39, 0.29) is 5.41 Å². The van der Waals surface area contributed by atoms with Gasteiger partial charge in [0.15, 0.2) is 0 Å². The molecule has 0 aromatic heterocycles. The molecule has 0 radical (unpaired) electrons. The highest BCUT2D eigenvalue weighted by Crippen LogP contribution is 2.52. The van der Waals surface area contributed by atoms with E-state index >= 15 is 0 Å². The monoisotopic (exact) mass is 689 g/mol. The van der Waals surface area contributed by atoms with Crippen molar-refractivity contribution in [2.45, 2.75) is 19.3 Å². The number of hydrogen-bond acceptors (Lipinski definition) is 1. The van der Waals surface area contributed by atoms with Crippen molar-refractivity contribution >= 4 is 38.6 Å². The molecule has 1 nitrogen and oxygen atoms in total. The van der Waals surface area contributed by atoms with Crippen molar-refractivity contribution in [3.05, 3.63) is 211 Å². The molecule has 54 heavy (non-hydrogen) atoms. The first-order valence-corrected chi connectivity index (χ1v) is 18.8. The minimum Gasteiger partial charge on any atom is -0.310 e. The molecule has 1 aliphatic rings. The van der Waals surface area contributed by atoms with Gasteiger partial charge in [-0.25, -0.2) is 0 Å². The summed E-state index contributed by atoms with van der Waals surface area (Å²) in [5.74, 6) is 0. The van der Waals surface area contributed by atoms with Crippen LogP contribution in [0.5, 0.6) is 0 Å². The van der Waals surface area contributed by atoms with Crippen LogP contribution in [0.25, 0.3) is 66.1 Å². The fourth-order valence-corrected chi connectivity index (χ4v) is 8.65. The van der Waals surface area contributed by atoms with Crippen molar-refractivity contribution in [2.24, 2.45) is 0 Å². The summed E-state index contributed by atoms with van der Waals surface area (Å²) < 4.78 is 0. The molecule has 9 aromatic carbocycles. The lowest BCUT2D eigenvalue weighted by molar-refractivity contribution is 0.660. The van der Waals surface area contributed by atoms with Gasteiger partial charge in [-0.3, -0.25) is 0 Å². The first-order chi connectivity index (χ1) is 26.5. The second-order valence-corrected chi connectivity index (χ2v) is 15.0. The van der Waals surface area contributed by atoms with E-state index in [1.807, 2.05) is 0 Å². The molecule has 1 heteroatoms. The highest BCUT2D eigenvalue weighted by Gasteiger charge is 2.36. The van der Waals surface area contributed by atoms with Gasteiger partial charge in [0.1, 0.15) is 0 Å². The van der Waals surface area contributed by atoms with Gasteiger partial charge in [-0.2, -0.15) is 0 Å². The maximum atomic E-state index is 2.45. The lowest BCUT2D eigenvalue weighted by atomic mass is 9.81. The van der Waals surface area contributed by atoms with Crippen molar-refractivity contribution < 1.29 is 0 Å². The molecule has 9 aromatic rings. The molecule has 10 rings (SSSR count). The molecule has 0 atom stereocenters. The first kappa shape index (κ1) is 32.0. The quantitative estimate of drug-likeness (QED) is 0.157. The summed E-state index contributed by atoms with van der Waals surface area (Å²) in [7, 11) is 0. The fourth-order valence-electron chi connectivity index (χ4n) is 8.65. The van der Waals surface area contributed by atoms with Crippen molar-refractivity contribution in [1.29, 1.82) is 0 Å². The number of benzene rings is 9. The van der Waals surface area contributed by atoms with E-state index in [0.29, 0.717) is 0 Å². The topological polar surface area (TPSA) is 3.24 Å². The zero-order valence-corrected chi connectivity index (χ0v) is 30.5. The van der Waals surface area contributed by atoms with Crippen LogP contribution in [0.4, 0.5) is 17.1 Å². The summed E-state index contributed by atoms with van der Waals surface area (Å²) in [4.78, 5) is 2.40. The molecule has 0 saturated carbocycles. The van der Waals surface area contributed by atoms with Crippen molar-refractivity contribution in [2.75, 3.05) is 4.90 Å². The van der Waals surface area contributed by atoms with Crippen LogP contribution >= 0.6 is 0 Å². The van der Waals surface area contributed by atoms with Crippen LogP contribution in [0.2, 0.25) is 0 Å². The Kier molecular flexibility index (Phi) is 7.56. The lowest BCUT2D eigenvalue weighted by Crippen LogP contribution is -2.16. The van der Waals surface area contributed by atoms with Gasteiger partial charge in [-0.15, -0.1) is 0 Å². The maximum absolute atomic E-state index is 2.45. The Bertz CT molecular complexity index is 2730. The van der Waals surface area contributed by atoms with E-state index in [9.17, 15) is 0 Å². The van der Waals surface area contributed by atoms with Crippen LogP contribution in [-0.2, 0) is 5.41 Å². The summed E-state index contributed by atoms with van der Waals surface area (Å²) >= 11 is 0. The molecule has 0 saturated heterocycles. The standard InChI is InChI=1S/C53H39N/c1-53(2)50-34-42(47-19-11-17-41-21-20-40-16-9-10-18-46(40)52(41)47)26-32-48(50)49-33-31-45(35-51(49)53)54(43-27-22-38(23-28-43)36-12-5-3-6-13-36)44-29-24-39(25-30-44)37-14-7-4-8-15-37/h3-35H,1-2H3. The Morgan fingerprint density at radius 1 is 0.333 bits per heavy atom. The Hall–Kier alpha value is -6.70. The van der Waals surface area contributed by atoms with Gasteiger partial charge in [0.25, 0.3) is 0 Å². The lowest BCUT2D eigenvalue weighted by Gasteiger charge is -2.28. The highest BCUT2D eigenvalue weighted by atomic mass is 15.1. The smallest absolute Gasteiger partial charge is 0.0465 e. The molecular formula is C53H39N. The molecule has 0 unspecified atom stereocenters. The number of nitrogens with zero attached hydrogens (tertiary/aromatic N) is 1. The third-order valence-corrected chi connectivity index (χ3v) is 11.5. The van der Waals surface area contributed by atoms with E-state index in [1.54, 1.807) is 0 Å². The largest absolute Gasteiger partial charge is 0.310 e. The average molecular weight is 690 g/mol. The minimum absolute atomic E-state index is 0.191. The van der Waals surface area contributed by atoms with Crippen LogP contribution in [0.1, 0.15) is 25.0 Å². The zero-order chi connectivity index (χ0) is 36.2. The van der Waals surface area contributed by atoms with E-state index < -0.39 is 0 Å². The molecule has 1 aliphatic carbocycles. The molecule has 0 aliphatic heterocycles.